The Morgan fingerprint density at radius 3 is 2.74 bits per heavy atom. The summed E-state index contributed by atoms with van der Waals surface area (Å²) >= 11 is 1.76. The lowest BCUT2D eigenvalue weighted by atomic mass is 10.0. The summed E-state index contributed by atoms with van der Waals surface area (Å²) in [6, 6.07) is 5.01. The summed E-state index contributed by atoms with van der Waals surface area (Å²) in [4.78, 5) is 15.5. The van der Waals surface area contributed by atoms with Gasteiger partial charge in [0, 0.05) is 23.5 Å². The zero-order valence-corrected chi connectivity index (χ0v) is 12.9. The number of rotatable bonds is 7. The summed E-state index contributed by atoms with van der Waals surface area (Å²) in [5, 5.41) is 5.53. The molecular weight excluding hydrogens is 256 g/mol. The van der Waals surface area contributed by atoms with Crippen LogP contribution in [-0.4, -0.2) is 29.9 Å². The number of carbonyl (C=O) groups is 1. The van der Waals surface area contributed by atoms with Gasteiger partial charge in [-0.2, -0.15) is 0 Å². The van der Waals surface area contributed by atoms with E-state index in [0.29, 0.717) is 18.5 Å². The highest BCUT2D eigenvalue weighted by Gasteiger charge is 2.31. The Labute approximate surface area is 120 Å². The Bertz CT molecular complexity index is 398. The molecular formula is C15H24N2OS. The fourth-order valence-electron chi connectivity index (χ4n) is 2.46. The van der Waals surface area contributed by atoms with Crippen molar-refractivity contribution in [3.63, 3.8) is 0 Å². The van der Waals surface area contributed by atoms with Gasteiger partial charge in [-0.1, -0.05) is 19.9 Å². The Kier molecular flexibility index (Phi) is 4.99. The standard InChI is InChI=1S/C15H24N2OS/c1-4-17(12-7-8-12)14(18)10-16-15(11(2)3)13-6-5-9-19-13/h5-6,9,11-12,15-16H,4,7-8,10H2,1-3H3. The minimum absolute atomic E-state index is 0.243. The third-order valence-electron chi connectivity index (χ3n) is 3.64. The molecule has 1 heterocycles. The number of hydrogen-bond acceptors (Lipinski definition) is 3. The van der Waals surface area contributed by atoms with Gasteiger partial charge in [0.05, 0.1) is 6.54 Å². The number of thiophene rings is 1. The Hall–Kier alpha value is -0.870. The molecule has 1 N–H and O–H groups in total. The summed E-state index contributed by atoms with van der Waals surface area (Å²) in [6.07, 6.45) is 2.36. The molecule has 2 rings (SSSR count). The number of nitrogens with one attached hydrogen (secondary N) is 1. The van der Waals surface area contributed by atoms with Gasteiger partial charge in [-0.15, -0.1) is 11.3 Å². The van der Waals surface area contributed by atoms with Gasteiger partial charge in [0.25, 0.3) is 0 Å². The largest absolute Gasteiger partial charge is 0.339 e. The van der Waals surface area contributed by atoms with Gasteiger partial charge in [-0.05, 0) is 37.1 Å². The van der Waals surface area contributed by atoms with Crippen LogP contribution in [0.5, 0.6) is 0 Å². The van der Waals surface area contributed by atoms with Crippen LogP contribution in [-0.2, 0) is 4.79 Å². The van der Waals surface area contributed by atoms with Gasteiger partial charge in [0.1, 0.15) is 0 Å². The minimum atomic E-state index is 0.243. The summed E-state index contributed by atoms with van der Waals surface area (Å²) < 4.78 is 0. The number of hydrogen-bond donors (Lipinski definition) is 1. The molecule has 19 heavy (non-hydrogen) atoms. The first-order valence-electron chi connectivity index (χ1n) is 7.19. The van der Waals surface area contributed by atoms with E-state index in [1.54, 1.807) is 11.3 Å². The van der Waals surface area contributed by atoms with Crippen molar-refractivity contribution in [1.29, 1.82) is 0 Å². The summed E-state index contributed by atoms with van der Waals surface area (Å²) in [5.41, 5.74) is 0. The second kappa shape index (κ2) is 6.53. The SMILES string of the molecule is CCN(C(=O)CNC(c1cccs1)C(C)C)C1CC1. The zero-order valence-electron chi connectivity index (χ0n) is 12.1. The maximum atomic E-state index is 12.2. The van der Waals surface area contributed by atoms with Crippen molar-refractivity contribution < 1.29 is 4.79 Å². The van der Waals surface area contributed by atoms with Gasteiger partial charge in [0.15, 0.2) is 0 Å². The molecule has 0 spiro atoms. The van der Waals surface area contributed by atoms with Gasteiger partial charge < -0.3 is 10.2 Å². The molecule has 0 bridgehead atoms. The lowest BCUT2D eigenvalue weighted by Gasteiger charge is -2.25. The second-order valence-electron chi connectivity index (χ2n) is 5.53. The van der Waals surface area contributed by atoms with E-state index in [2.05, 4.69) is 43.6 Å². The molecule has 1 fully saturated rings. The number of nitrogens with zero attached hydrogens (tertiary/aromatic N) is 1. The van der Waals surface area contributed by atoms with Gasteiger partial charge >= 0.3 is 0 Å². The van der Waals surface area contributed by atoms with Crippen molar-refractivity contribution in [2.24, 2.45) is 5.92 Å². The Morgan fingerprint density at radius 2 is 2.26 bits per heavy atom. The molecule has 1 amide bonds. The van der Waals surface area contributed by atoms with Crippen LogP contribution < -0.4 is 5.32 Å². The van der Waals surface area contributed by atoms with E-state index in [1.807, 2.05) is 4.90 Å². The highest BCUT2D eigenvalue weighted by atomic mass is 32.1. The topological polar surface area (TPSA) is 32.3 Å². The summed E-state index contributed by atoms with van der Waals surface area (Å²) in [7, 11) is 0. The van der Waals surface area contributed by atoms with Crippen molar-refractivity contribution in [3.8, 4) is 0 Å². The molecule has 1 aliphatic carbocycles. The number of amides is 1. The molecule has 1 aromatic rings. The molecule has 1 unspecified atom stereocenters. The maximum absolute atomic E-state index is 12.2. The average Bonchev–Trinajstić information content (AvgIpc) is 3.05. The van der Waals surface area contributed by atoms with E-state index in [9.17, 15) is 4.79 Å². The van der Waals surface area contributed by atoms with Gasteiger partial charge in [0.2, 0.25) is 5.91 Å². The first-order valence-corrected chi connectivity index (χ1v) is 8.07. The average molecular weight is 280 g/mol. The zero-order chi connectivity index (χ0) is 13.8. The smallest absolute Gasteiger partial charge is 0.236 e. The van der Waals surface area contributed by atoms with Gasteiger partial charge in [-0.25, -0.2) is 0 Å². The lowest BCUT2D eigenvalue weighted by Crippen LogP contribution is -2.41. The third-order valence-corrected chi connectivity index (χ3v) is 4.59. The minimum Gasteiger partial charge on any atom is -0.339 e. The van der Waals surface area contributed by atoms with Crippen LogP contribution in [0, 0.1) is 5.92 Å². The molecule has 4 heteroatoms. The number of likely N-dealkylation sites (N-methyl/N-ethyl adjacent to an activating group) is 1. The van der Waals surface area contributed by atoms with Crippen molar-refractivity contribution >= 4 is 17.2 Å². The van der Waals surface area contributed by atoms with Gasteiger partial charge in [-0.3, -0.25) is 4.79 Å². The van der Waals surface area contributed by atoms with Crippen LogP contribution in [0.25, 0.3) is 0 Å². The molecule has 1 atom stereocenters. The molecule has 3 nitrogen and oxygen atoms in total. The van der Waals surface area contributed by atoms with Crippen molar-refractivity contribution in [2.45, 2.75) is 45.7 Å². The maximum Gasteiger partial charge on any atom is 0.236 e. The molecule has 106 valence electrons. The molecule has 0 saturated heterocycles. The van der Waals surface area contributed by atoms with E-state index in [0.717, 1.165) is 6.54 Å². The van der Waals surface area contributed by atoms with E-state index < -0.39 is 0 Å². The molecule has 1 aromatic heterocycles. The molecule has 1 saturated carbocycles. The van der Waals surface area contributed by atoms with Crippen LogP contribution in [0.3, 0.4) is 0 Å². The summed E-state index contributed by atoms with van der Waals surface area (Å²) in [5.74, 6) is 0.731. The first kappa shape index (κ1) is 14.5. The Balaban J connectivity index is 1.90. The quantitative estimate of drug-likeness (QED) is 0.832. The predicted octanol–water partition coefficient (Wildman–Crippen LogP) is 3.05. The summed E-state index contributed by atoms with van der Waals surface area (Å²) in [6.45, 7) is 7.73. The van der Waals surface area contributed by atoms with Crippen LogP contribution in [0.1, 0.15) is 44.5 Å². The molecule has 1 aliphatic rings. The highest BCUT2D eigenvalue weighted by molar-refractivity contribution is 7.10. The predicted molar refractivity (Wildman–Crippen MR) is 80.3 cm³/mol. The monoisotopic (exact) mass is 280 g/mol. The lowest BCUT2D eigenvalue weighted by molar-refractivity contribution is -0.130. The van der Waals surface area contributed by atoms with E-state index in [4.69, 9.17) is 0 Å². The molecule has 0 radical (unpaired) electrons. The van der Waals surface area contributed by atoms with Crippen LogP contribution in [0.15, 0.2) is 17.5 Å². The first-order chi connectivity index (χ1) is 9.13. The third kappa shape index (κ3) is 3.80. The van der Waals surface area contributed by atoms with E-state index in [1.165, 1.54) is 17.7 Å². The van der Waals surface area contributed by atoms with Crippen molar-refractivity contribution in [1.82, 2.24) is 10.2 Å². The molecule has 0 aromatic carbocycles. The van der Waals surface area contributed by atoms with Crippen LogP contribution >= 0.6 is 11.3 Å². The fourth-order valence-corrected chi connectivity index (χ4v) is 3.43. The highest BCUT2D eigenvalue weighted by Crippen LogP contribution is 2.27. The Morgan fingerprint density at radius 1 is 1.53 bits per heavy atom. The second-order valence-corrected chi connectivity index (χ2v) is 6.51. The number of carbonyl (C=O) groups excluding carboxylic acids is 1. The van der Waals surface area contributed by atoms with Crippen LogP contribution in [0.4, 0.5) is 0 Å². The fraction of sp³-hybridized carbons (Fsp3) is 0.667. The molecule has 0 aliphatic heterocycles. The van der Waals surface area contributed by atoms with Crippen LogP contribution in [0.2, 0.25) is 0 Å². The van der Waals surface area contributed by atoms with Crippen molar-refractivity contribution in [2.75, 3.05) is 13.1 Å². The van der Waals surface area contributed by atoms with E-state index >= 15 is 0 Å². The van der Waals surface area contributed by atoms with E-state index in [-0.39, 0.29) is 11.9 Å². The normalized spacial score (nSPS) is 16.6. The van der Waals surface area contributed by atoms with Crippen molar-refractivity contribution in [3.05, 3.63) is 22.4 Å².